The highest BCUT2D eigenvalue weighted by molar-refractivity contribution is 7.89. The second-order valence-corrected chi connectivity index (χ2v) is 6.14. The molecule has 5 nitrogen and oxygen atoms in total. The van der Waals surface area contributed by atoms with Crippen molar-refractivity contribution in [3.05, 3.63) is 29.3 Å². The van der Waals surface area contributed by atoms with Gasteiger partial charge < -0.3 is 5.32 Å². The molecule has 0 unspecified atom stereocenters. The minimum Gasteiger partial charge on any atom is -0.345 e. The quantitative estimate of drug-likeness (QED) is 0.759. The number of sulfonamides is 1. The number of aryl methyl sites for hydroxylation is 2. The molecular formula is C14H18N2O3S. The van der Waals surface area contributed by atoms with E-state index >= 15 is 0 Å². The summed E-state index contributed by atoms with van der Waals surface area (Å²) in [6, 6.07) is 4.91. The SMILES string of the molecule is C#CCNC(=O)CCNS(=O)(=O)c1ccc(C)c(C)c1. The van der Waals surface area contributed by atoms with Crippen LogP contribution in [0.15, 0.2) is 23.1 Å². The van der Waals surface area contributed by atoms with Crippen LogP contribution < -0.4 is 10.0 Å². The van der Waals surface area contributed by atoms with E-state index in [1.807, 2.05) is 13.8 Å². The summed E-state index contributed by atoms with van der Waals surface area (Å²) < 4.78 is 26.4. The maximum Gasteiger partial charge on any atom is 0.240 e. The van der Waals surface area contributed by atoms with Crippen LogP contribution in [0.1, 0.15) is 17.5 Å². The van der Waals surface area contributed by atoms with Crippen molar-refractivity contribution in [2.24, 2.45) is 0 Å². The Kier molecular flexibility index (Phi) is 5.74. The Morgan fingerprint density at radius 3 is 2.60 bits per heavy atom. The van der Waals surface area contributed by atoms with Gasteiger partial charge in [-0.1, -0.05) is 12.0 Å². The third-order valence-corrected chi connectivity index (χ3v) is 4.28. The van der Waals surface area contributed by atoms with Crippen molar-refractivity contribution in [2.75, 3.05) is 13.1 Å². The number of hydrogen-bond acceptors (Lipinski definition) is 3. The van der Waals surface area contributed by atoms with Gasteiger partial charge in [0.1, 0.15) is 0 Å². The molecule has 108 valence electrons. The first kappa shape index (κ1) is 16.2. The standard InChI is InChI=1S/C14H18N2O3S/c1-4-8-15-14(17)7-9-16-20(18,19)13-6-5-11(2)12(3)10-13/h1,5-6,10,16H,7-9H2,2-3H3,(H,15,17). The topological polar surface area (TPSA) is 75.3 Å². The summed E-state index contributed by atoms with van der Waals surface area (Å²) in [7, 11) is -3.59. The van der Waals surface area contributed by atoms with E-state index in [1.54, 1.807) is 18.2 Å². The van der Waals surface area contributed by atoms with Crippen LogP contribution in [0.25, 0.3) is 0 Å². The summed E-state index contributed by atoms with van der Waals surface area (Å²) in [5.41, 5.74) is 1.93. The fourth-order valence-electron chi connectivity index (χ4n) is 1.50. The van der Waals surface area contributed by atoms with E-state index in [9.17, 15) is 13.2 Å². The third kappa shape index (κ3) is 4.68. The fraction of sp³-hybridized carbons (Fsp3) is 0.357. The molecular weight excluding hydrogens is 276 g/mol. The molecule has 6 heteroatoms. The molecule has 2 N–H and O–H groups in total. The molecule has 0 atom stereocenters. The van der Waals surface area contributed by atoms with Crippen LogP contribution in [0.2, 0.25) is 0 Å². The molecule has 0 aliphatic carbocycles. The van der Waals surface area contributed by atoms with Crippen molar-refractivity contribution in [3.63, 3.8) is 0 Å². The van der Waals surface area contributed by atoms with E-state index in [0.29, 0.717) is 0 Å². The molecule has 0 saturated carbocycles. The molecule has 1 aromatic carbocycles. The van der Waals surface area contributed by atoms with Crippen LogP contribution in [0.5, 0.6) is 0 Å². The monoisotopic (exact) mass is 294 g/mol. The summed E-state index contributed by atoms with van der Waals surface area (Å²) in [6.45, 7) is 3.94. The highest BCUT2D eigenvalue weighted by Crippen LogP contribution is 2.14. The van der Waals surface area contributed by atoms with Gasteiger partial charge >= 0.3 is 0 Å². The van der Waals surface area contributed by atoms with Crippen molar-refractivity contribution >= 4 is 15.9 Å². The van der Waals surface area contributed by atoms with Crippen molar-refractivity contribution in [1.29, 1.82) is 0 Å². The van der Waals surface area contributed by atoms with Crippen LogP contribution in [0.3, 0.4) is 0 Å². The maximum atomic E-state index is 12.0. The van der Waals surface area contributed by atoms with Crippen molar-refractivity contribution in [3.8, 4) is 12.3 Å². The number of rotatable bonds is 6. The van der Waals surface area contributed by atoms with Crippen LogP contribution in [0.4, 0.5) is 0 Å². The summed E-state index contributed by atoms with van der Waals surface area (Å²) in [5.74, 6) is 1.99. The summed E-state index contributed by atoms with van der Waals surface area (Å²) in [5, 5.41) is 2.47. The predicted molar refractivity (Wildman–Crippen MR) is 77.6 cm³/mol. The highest BCUT2D eigenvalue weighted by Gasteiger charge is 2.14. The molecule has 0 bridgehead atoms. The number of carbonyl (C=O) groups excluding carboxylic acids is 1. The van der Waals surface area contributed by atoms with E-state index in [0.717, 1.165) is 11.1 Å². The van der Waals surface area contributed by atoms with E-state index in [-0.39, 0.29) is 30.3 Å². The molecule has 1 rings (SSSR count). The van der Waals surface area contributed by atoms with E-state index in [1.165, 1.54) is 0 Å². The Balaban J connectivity index is 2.60. The van der Waals surface area contributed by atoms with Gasteiger partial charge in [0.25, 0.3) is 0 Å². The van der Waals surface area contributed by atoms with Crippen LogP contribution in [-0.2, 0) is 14.8 Å². The van der Waals surface area contributed by atoms with Crippen molar-refractivity contribution in [1.82, 2.24) is 10.0 Å². The smallest absolute Gasteiger partial charge is 0.240 e. The van der Waals surface area contributed by atoms with Crippen molar-refractivity contribution in [2.45, 2.75) is 25.2 Å². The Morgan fingerprint density at radius 1 is 1.30 bits per heavy atom. The Bertz CT molecular complexity index is 630. The van der Waals surface area contributed by atoms with Gasteiger partial charge in [-0.2, -0.15) is 0 Å². The maximum absolute atomic E-state index is 12.0. The molecule has 0 spiro atoms. The molecule has 0 radical (unpaired) electrons. The highest BCUT2D eigenvalue weighted by atomic mass is 32.2. The van der Waals surface area contributed by atoms with Gasteiger partial charge in [0, 0.05) is 13.0 Å². The Morgan fingerprint density at radius 2 is 2.00 bits per heavy atom. The zero-order chi connectivity index (χ0) is 15.2. The third-order valence-electron chi connectivity index (χ3n) is 2.82. The largest absolute Gasteiger partial charge is 0.345 e. The zero-order valence-corrected chi connectivity index (χ0v) is 12.4. The number of amides is 1. The molecule has 1 amide bonds. The Labute approximate surface area is 119 Å². The number of hydrogen-bond donors (Lipinski definition) is 2. The van der Waals surface area contributed by atoms with Gasteiger partial charge in [0.15, 0.2) is 0 Å². The summed E-state index contributed by atoms with van der Waals surface area (Å²) in [4.78, 5) is 11.5. The molecule has 20 heavy (non-hydrogen) atoms. The lowest BCUT2D eigenvalue weighted by Crippen LogP contribution is -2.31. The number of terminal acetylenes is 1. The fourth-order valence-corrected chi connectivity index (χ4v) is 2.62. The minimum atomic E-state index is -3.59. The van der Waals surface area contributed by atoms with Gasteiger partial charge in [0.2, 0.25) is 15.9 Å². The van der Waals surface area contributed by atoms with Gasteiger partial charge in [-0.15, -0.1) is 6.42 Å². The van der Waals surface area contributed by atoms with E-state index in [2.05, 4.69) is 16.0 Å². The minimum absolute atomic E-state index is 0.0334. The van der Waals surface area contributed by atoms with Crippen LogP contribution in [-0.4, -0.2) is 27.4 Å². The first-order valence-electron chi connectivity index (χ1n) is 6.14. The number of nitrogens with one attached hydrogen (secondary N) is 2. The van der Waals surface area contributed by atoms with Gasteiger partial charge in [-0.25, -0.2) is 13.1 Å². The van der Waals surface area contributed by atoms with E-state index in [4.69, 9.17) is 6.42 Å². The molecule has 1 aromatic rings. The second kappa shape index (κ2) is 7.08. The first-order chi connectivity index (χ1) is 9.36. The summed E-state index contributed by atoms with van der Waals surface area (Å²) in [6.07, 6.45) is 5.05. The number of carbonyl (C=O) groups is 1. The molecule has 0 saturated heterocycles. The zero-order valence-electron chi connectivity index (χ0n) is 11.6. The lowest BCUT2D eigenvalue weighted by atomic mass is 10.1. The van der Waals surface area contributed by atoms with E-state index < -0.39 is 10.0 Å². The number of benzene rings is 1. The van der Waals surface area contributed by atoms with Gasteiger partial charge in [-0.3, -0.25) is 4.79 Å². The van der Waals surface area contributed by atoms with Crippen molar-refractivity contribution < 1.29 is 13.2 Å². The van der Waals surface area contributed by atoms with Crippen LogP contribution >= 0.6 is 0 Å². The first-order valence-corrected chi connectivity index (χ1v) is 7.62. The molecule has 0 aromatic heterocycles. The summed E-state index contributed by atoms with van der Waals surface area (Å²) >= 11 is 0. The lowest BCUT2D eigenvalue weighted by Gasteiger charge is -2.08. The normalized spacial score (nSPS) is 10.8. The van der Waals surface area contributed by atoms with Gasteiger partial charge in [-0.05, 0) is 37.1 Å². The molecule has 0 fully saturated rings. The van der Waals surface area contributed by atoms with Crippen LogP contribution in [0, 0.1) is 26.2 Å². The molecule has 0 heterocycles. The average Bonchev–Trinajstić information content (AvgIpc) is 2.39. The second-order valence-electron chi connectivity index (χ2n) is 4.37. The molecule has 0 aliphatic heterocycles. The Hall–Kier alpha value is -1.84. The van der Waals surface area contributed by atoms with Gasteiger partial charge in [0.05, 0.1) is 11.4 Å². The lowest BCUT2D eigenvalue weighted by molar-refractivity contribution is -0.120. The predicted octanol–water partition coefficient (Wildman–Crippen LogP) is 0.721. The molecule has 0 aliphatic rings. The average molecular weight is 294 g/mol.